The fraction of sp³-hybridized carbons (Fsp3) is 0.583. The minimum atomic E-state index is -1.23. The molecule has 0 radical (unpaired) electrons. The van der Waals surface area contributed by atoms with Gasteiger partial charge in [0.05, 0.1) is 13.7 Å². The van der Waals surface area contributed by atoms with Crippen LogP contribution >= 0.6 is 0 Å². The smallest absolute Gasteiger partial charge is 0.279 e. The highest BCUT2D eigenvalue weighted by Crippen LogP contribution is 2.32. The highest BCUT2D eigenvalue weighted by molar-refractivity contribution is 5.74. The van der Waals surface area contributed by atoms with Gasteiger partial charge in [0.15, 0.2) is 0 Å². The van der Waals surface area contributed by atoms with Crippen molar-refractivity contribution in [1.82, 2.24) is 14.5 Å². The molecule has 5 N–H and O–H groups in total. The van der Waals surface area contributed by atoms with Crippen molar-refractivity contribution in [3.05, 3.63) is 6.33 Å². The van der Waals surface area contributed by atoms with Crippen LogP contribution in [0.1, 0.15) is 6.23 Å². The molecule has 0 saturated carbocycles. The second-order valence-corrected chi connectivity index (χ2v) is 5.16. The number of rotatable bonds is 3. The number of nitrogens with one attached hydrogen (secondary N) is 1. The van der Waals surface area contributed by atoms with Crippen LogP contribution in [0.4, 0.5) is 5.95 Å². The predicted octanol–water partition coefficient (Wildman–Crippen LogP) is -2.39. The molecule has 10 heteroatoms. The minimum Gasteiger partial charge on any atom is -0.490 e. The number of anilines is 1. The lowest BCUT2D eigenvalue weighted by molar-refractivity contribution is -0.646. The van der Waals surface area contributed by atoms with Gasteiger partial charge in [-0.2, -0.15) is 14.5 Å². The van der Waals surface area contributed by atoms with Crippen LogP contribution < -0.4 is 9.88 Å². The summed E-state index contributed by atoms with van der Waals surface area (Å²) in [5.41, 5.74) is 0.686. The quantitative estimate of drug-likeness (QED) is 0.396. The number of imidazole rings is 1. The Hall–Kier alpha value is -2.01. The molecule has 0 aromatic carbocycles. The normalized spacial score (nSPS) is 28.4. The predicted molar refractivity (Wildman–Crippen MR) is 72.9 cm³/mol. The van der Waals surface area contributed by atoms with Crippen molar-refractivity contribution in [3.63, 3.8) is 0 Å². The number of aryl methyl sites for hydroxylation is 1. The van der Waals surface area contributed by atoms with Gasteiger partial charge in [-0.1, -0.05) is 0 Å². The van der Waals surface area contributed by atoms with Crippen LogP contribution in [-0.2, 0) is 11.8 Å². The van der Waals surface area contributed by atoms with Crippen LogP contribution in [-0.4, -0.2) is 66.9 Å². The molecule has 2 aromatic rings. The first-order valence-electron chi connectivity index (χ1n) is 6.75. The fourth-order valence-corrected chi connectivity index (χ4v) is 2.63. The summed E-state index contributed by atoms with van der Waals surface area (Å²) in [6.07, 6.45) is -2.70. The van der Waals surface area contributed by atoms with Gasteiger partial charge in [0.2, 0.25) is 18.5 Å². The summed E-state index contributed by atoms with van der Waals surface area (Å²) in [7, 11) is 3.29. The van der Waals surface area contributed by atoms with Gasteiger partial charge in [0.1, 0.15) is 18.3 Å². The van der Waals surface area contributed by atoms with E-state index in [2.05, 4.69) is 15.3 Å². The molecule has 1 fully saturated rings. The third kappa shape index (κ3) is 2.08. The second kappa shape index (κ2) is 5.32. The summed E-state index contributed by atoms with van der Waals surface area (Å²) in [5, 5.41) is 41.9. The van der Waals surface area contributed by atoms with Gasteiger partial charge < -0.3 is 30.5 Å². The van der Waals surface area contributed by atoms with E-state index in [1.807, 2.05) is 0 Å². The number of aromatic hydroxyl groups is 1. The van der Waals surface area contributed by atoms with Gasteiger partial charge >= 0.3 is 0 Å². The first-order valence-corrected chi connectivity index (χ1v) is 6.75. The monoisotopic (exact) mass is 312 g/mol. The lowest BCUT2D eigenvalue weighted by Crippen LogP contribution is -2.33. The third-order valence-electron chi connectivity index (χ3n) is 3.76. The van der Waals surface area contributed by atoms with E-state index in [1.165, 1.54) is 4.57 Å². The average Bonchev–Trinajstić information content (AvgIpc) is 2.98. The maximum Gasteiger partial charge on any atom is 0.279 e. The van der Waals surface area contributed by atoms with Crippen molar-refractivity contribution in [1.29, 1.82) is 0 Å². The number of aromatic nitrogens is 4. The number of hydrogen-bond acceptors (Lipinski definition) is 8. The van der Waals surface area contributed by atoms with E-state index in [-0.39, 0.29) is 11.8 Å². The van der Waals surface area contributed by atoms with E-state index < -0.39 is 31.1 Å². The van der Waals surface area contributed by atoms with Gasteiger partial charge in [-0.15, -0.1) is 0 Å². The Morgan fingerprint density at radius 2 is 2.09 bits per heavy atom. The molecule has 0 aliphatic carbocycles. The highest BCUT2D eigenvalue weighted by Gasteiger charge is 2.47. The summed E-state index contributed by atoms with van der Waals surface area (Å²) >= 11 is 0. The lowest BCUT2D eigenvalue weighted by Gasteiger charge is -2.11. The van der Waals surface area contributed by atoms with Crippen LogP contribution in [0.25, 0.3) is 11.2 Å². The molecule has 2 aromatic heterocycles. The first kappa shape index (κ1) is 14.9. The molecular formula is C12H18N5O5+. The Morgan fingerprint density at radius 3 is 2.68 bits per heavy atom. The Balaban J connectivity index is 2.13. The number of fused-ring (bicyclic) bond motifs is 1. The van der Waals surface area contributed by atoms with E-state index in [0.717, 1.165) is 0 Å². The Bertz CT molecular complexity index is 705. The van der Waals surface area contributed by atoms with Crippen molar-refractivity contribution in [3.8, 4) is 5.88 Å². The first-order chi connectivity index (χ1) is 10.5. The molecule has 22 heavy (non-hydrogen) atoms. The van der Waals surface area contributed by atoms with E-state index >= 15 is 0 Å². The zero-order valence-electron chi connectivity index (χ0n) is 12.1. The molecule has 3 rings (SSSR count). The highest BCUT2D eigenvalue weighted by atomic mass is 16.6. The summed E-state index contributed by atoms with van der Waals surface area (Å²) in [4.78, 5) is 8.15. The largest absolute Gasteiger partial charge is 0.490 e. The van der Waals surface area contributed by atoms with Gasteiger partial charge in [0.25, 0.3) is 17.0 Å². The lowest BCUT2D eigenvalue weighted by atomic mass is 10.1. The number of nitrogens with zero attached hydrogens (tertiary/aromatic N) is 4. The van der Waals surface area contributed by atoms with E-state index in [4.69, 9.17) is 4.74 Å². The standard InChI is InChI=1S/C12H17N5O5/c1-13-12-14-9-6(10(21)15-12)16(2)4-17(9)11-8(20)7(19)5(3-18)22-11/h4-5,7-8,11,18-20H,3H2,1-2H3,(H-,13,14,15,21)/p+1. The van der Waals surface area contributed by atoms with Crippen molar-refractivity contribution >= 4 is 17.1 Å². The summed E-state index contributed by atoms with van der Waals surface area (Å²) in [5.74, 6) is -0.0148. The van der Waals surface area contributed by atoms with Crippen molar-refractivity contribution in [2.24, 2.45) is 7.05 Å². The van der Waals surface area contributed by atoms with Crippen LogP contribution in [0.2, 0.25) is 0 Å². The Labute approximate surface area is 125 Å². The molecule has 3 heterocycles. The topological polar surface area (TPSA) is 137 Å². The van der Waals surface area contributed by atoms with Crippen molar-refractivity contribution in [2.45, 2.75) is 24.5 Å². The van der Waals surface area contributed by atoms with Crippen LogP contribution in [0.15, 0.2) is 6.33 Å². The van der Waals surface area contributed by atoms with E-state index in [9.17, 15) is 20.4 Å². The van der Waals surface area contributed by atoms with E-state index in [0.29, 0.717) is 11.2 Å². The van der Waals surface area contributed by atoms with Crippen LogP contribution in [0.5, 0.6) is 5.88 Å². The third-order valence-corrected chi connectivity index (χ3v) is 3.76. The Kier molecular flexibility index (Phi) is 3.60. The summed E-state index contributed by atoms with van der Waals surface area (Å²) < 4.78 is 8.56. The Morgan fingerprint density at radius 1 is 1.36 bits per heavy atom. The van der Waals surface area contributed by atoms with Crippen molar-refractivity contribution in [2.75, 3.05) is 19.0 Å². The zero-order valence-corrected chi connectivity index (χ0v) is 12.1. The molecule has 0 spiro atoms. The SMILES string of the molecule is CNc1nc(O)c2c(n1)n(C1OC(CO)C(O)C1O)c[n+]2C. The molecule has 0 amide bonds. The fourth-order valence-electron chi connectivity index (χ4n) is 2.63. The molecule has 120 valence electrons. The minimum absolute atomic E-state index is 0.205. The molecule has 4 atom stereocenters. The van der Waals surface area contributed by atoms with Crippen LogP contribution in [0.3, 0.4) is 0 Å². The zero-order chi connectivity index (χ0) is 16.0. The maximum atomic E-state index is 10.1. The van der Waals surface area contributed by atoms with E-state index in [1.54, 1.807) is 25.0 Å². The number of hydrogen-bond donors (Lipinski definition) is 5. The molecule has 1 saturated heterocycles. The van der Waals surface area contributed by atoms with Gasteiger partial charge in [0, 0.05) is 7.05 Å². The van der Waals surface area contributed by atoms with Gasteiger partial charge in [-0.05, 0) is 0 Å². The second-order valence-electron chi connectivity index (χ2n) is 5.16. The molecule has 10 nitrogen and oxygen atoms in total. The van der Waals surface area contributed by atoms with Crippen LogP contribution in [0, 0.1) is 0 Å². The molecular weight excluding hydrogens is 294 g/mol. The molecule has 1 aliphatic heterocycles. The maximum absolute atomic E-state index is 10.1. The van der Waals surface area contributed by atoms with Gasteiger partial charge in [-0.3, -0.25) is 0 Å². The summed E-state index contributed by atoms with van der Waals surface area (Å²) in [6.45, 7) is -0.415. The van der Waals surface area contributed by atoms with Gasteiger partial charge in [-0.25, -0.2) is 4.57 Å². The summed E-state index contributed by atoms with van der Waals surface area (Å²) in [6, 6.07) is 0. The average molecular weight is 312 g/mol. The molecule has 4 unspecified atom stereocenters. The number of aliphatic hydroxyl groups excluding tert-OH is 3. The number of aliphatic hydroxyl groups is 3. The van der Waals surface area contributed by atoms with Crippen molar-refractivity contribution < 1.29 is 29.7 Å². The number of ether oxygens (including phenoxy) is 1. The molecule has 0 bridgehead atoms. The molecule has 1 aliphatic rings.